The second-order valence-electron chi connectivity index (χ2n) is 3.40. The zero-order valence-electron chi connectivity index (χ0n) is 8.65. The normalized spacial score (nSPS) is 12.9. The lowest BCUT2D eigenvalue weighted by Gasteiger charge is -2.22. The van der Waals surface area contributed by atoms with E-state index >= 15 is 0 Å². The van der Waals surface area contributed by atoms with Crippen LogP contribution in [-0.4, -0.2) is 19.0 Å². The maximum absolute atomic E-state index is 12.4. The van der Waals surface area contributed by atoms with Gasteiger partial charge in [0, 0.05) is 0 Å². The Kier molecular flexibility index (Phi) is 4.08. The van der Waals surface area contributed by atoms with Gasteiger partial charge in [-0.05, 0) is 24.3 Å². The summed E-state index contributed by atoms with van der Waals surface area (Å²) in [6, 6.07) is 3.62. The quantitative estimate of drug-likeness (QED) is 0.760. The zero-order valence-corrected chi connectivity index (χ0v) is 8.65. The molecule has 1 aromatic rings. The molecule has 0 heterocycles. The number of hydrogen-bond donors (Lipinski definition) is 0. The molecule has 0 spiro atoms. The molecule has 0 aliphatic rings. The Morgan fingerprint density at radius 3 is 1.72 bits per heavy atom. The third-order valence-corrected chi connectivity index (χ3v) is 2.02. The van der Waals surface area contributed by atoms with E-state index < -0.39 is 30.7 Å². The molecule has 1 rings (SSSR count). The average Bonchev–Trinajstić information content (AvgIpc) is 2.17. The molecule has 1 nitrogen and oxygen atoms in total. The molecule has 0 aromatic heterocycles. The van der Waals surface area contributed by atoms with Gasteiger partial charge in [-0.3, -0.25) is 0 Å². The lowest BCUT2D eigenvalue weighted by molar-refractivity contribution is -0.289. The molecule has 0 aliphatic heterocycles. The van der Waals surface area contributed by atoms with E-state index in [0.29, 0.717) is 0 Å². The molecule has 8 heteroatoms. The minimum Gasteiger partial charge on any atom is -0.493 e. The maximum atomic E-state index is 12.4. The Labute approximate surface area is 97.2 Å². The molecule has 0 saturated carbocycles. The van der Waals surface area contributed by atoms with Crippen LogP contribution >= 0.6 is 0 Å². The van der Waals surface area contributed by atoms with Crippen LogP contribution in [-0.2, 0) is 0 Å². The number of halogens is 7. The molecular weight excluding hydrogens is 269 g/mol. The molecule has 0 aliphatic carbocycles. The molecule has 102 valence electrons. The lowest BCUT2D eigenvalue weighted by atomic mass is 10.1. The molecule has 18 heavy (non-hydrogen) atoms. The smallest absolute Gasteiger partial charge is 0.403 e. The third-order valence-electron chi connectivity index (χ3n) is 2.02. The maximum Gasteiger partial charge on any atom is 0.403 e. The Balaban J connectivity index is 2.72. The summed E-state index contributed by atoms with van der Waals surface area (Å²) in [7, 11) is 0. The highest BCUT2D eigenvalue weighted by atomic mass is 19.4. The van der Waals surface area contributed by atoms with Gasteiger partial charge in [0.05, 0.1) is 0 Å². The Hall–Kier alpha value is -1.47. The number of ether oxygens (including phenoxy) is 1. The van der Waals surface area contributed by atoms with E-state index in [4.69, 9.17) is 0 Å². The van der Waals surface area contributed by atoms with E-state index in [1.807, 2.05) is 0 Å². The van der Waals surface area contributed by atoms with Crippen LogP contribution in [0.25, 0.3) is 0 Å². The van der Waals surface area contributed by atoms with Crippen molar-refractivity contribution in [2.45, 2.75) is 12.4 Å². The molecular formula is C10H7F7O. The number of hydrogen-bond acceptors (Lipinski definition) is 1. The van der Waals surface area contributed by atoms with Crippen LogP contribution in [0.3, 0.4) is 0 Å². The Bertz CT molecular complexity index is 365. The molecule has 0 saturated heterocycles. The Morgan fingerprint density at radius 2 is 1.33 bits per heavy atom. The monoisotopic (exact) mass is 276 g/mol. The van der Waals surface area contributed by atoms with E-state index in [2.05, 4.69) is 4.74 Å². The summed E-state index contributed by atoms with van der Waals surface area (Å²) in [6.45, 7) is -1.60. The van der Waals surface area contributed by atoms with Gasteiger partial charge in [-0.2, -0.15) is 26.3 Å². The molecule has 0 bridgehead atoms. The lowest BCUT2D eigenvalue weighted by Crippen LogP contribution is -2.40. The average molecular weight is 276 g/mol. The van der Waals surface area contributed by atoms with Gasteiger partial charge in [0.15, 0.2) is 5.92 Å². The number of rotatable bonds is 3. The van der Waals surface area contributed by atoms with E-state index in [9.17, 15) is 30.7 Å². The summed E-state index contributed by atoms with van der Waals surface area (Å²) in [6.07, 6.45) is -10.9. The topological polar surface area (TPSA) is 9.23 Å². The van der Waals surface area contributed by atoms with Gasteiger partial charge in [0.25, 0.3) is 0 Å². The SMILES string of the molecule is Fc1ccc(OCC(C(F)(F)F)C(F)(F)F)cc1. The van der Waals surface area contributed by atoms with Crippen molar-refractivity contribution in [3.8, 4) is 5.75 Å². The zero-order chi connectivity index (χ0) is 14.0. The van der Waals surface area contributed by atoms with Crippen molar-refractivity contribution < 1.29 is 35.5 Å². The highest BCUT2D eigenvalue weighted by molar-refractivity contribution is 5.22. The summed E-state index contributed by atoms with van der Waals surface area (Å²) in [5.41, 5.74) is 0. The summed E-state index contributed by atoms with van der Waals surface area (Å²) in [5.74, 6) is -4.52. The summed E-state index contributed by atoms with van der Waals surface area (Å²) >= 11 is 0. The summed E-state index contributed by atoms with van der Waals surface area (Å²) in [4.78, 5) is 0. The van der Waals surface area contributed by atoms with Gasteiger partial charge in [0.1, 0.15) is 18.2 Å². The molecule has 0 fully saturated rings. The van der Waals surface area contributed by atoms with Crippen molar-refractivity contribution in [1.82, 2.24) is 0 Å². The van der Waals surface area contributed by atoms with Gasteiger partial charge in [-0.15, -0.1) is 0 Å². The molecule has 0 unspecified atom stereocenters. The fourth-order valence-electron chi connectivity index (χ4n) is 1.08. The first kappa shape index (κ1) is 14.6. The summed E-state index contributed by atoms with van der Waals surface area (Å²) in [5, 5.41) is 0. The number of alkyl halides is 6. The molecule has 0 atom stereocenters. The largest absolute Gasteiger partial charge is 0.493 e. The van der Waals surface area contributed by atoms with Gasteiger partial charge in [0.2, 0.25) is 0 Å². The summed E-state index contributed by atoms with van der Waals surface area (Å²) < 4.78 is 89.6. The molecule has 0 N–H and O–H groups in total. The van der Waals surface area contributed by atoms with Crippen LogP contribution < -0.4 is 4.74 Å². The van der Waals surface area contributed by atoms with Crippen molar-refractivity contribution >= 4 is 0 Å². The molecule has 0 amide bonds. The van der Waals surface area contributed by atoms with Gasteiger partial charge in [-0.25, -0.2) is 4.39 Å². The van der Waals surface area contributed by atoms with Crippen molar-refractivity contribution in [3.05, 3.63) is 30.1 Å². The predicted molar refractivity (Wildman–Crippen MR) is 47.5 cm³/mol. The second-order valence-corrected chi connectivity index (χ2v) is 3.40. The Morgan fingerprint density at radius 1 is 0.889 bits per heavy atom. The first-order valence-electron chi connectivity index (χ1n) is 4.62. The fourth-order valence-corrected chi connectivity index (χ4v) is 1.08. The highest BCUT2D eigenvalue weighted by Crippen LogP contribution is 2.39. The van der Waals surface area contributed by atoms with Crippen LogP contribution in [0.4, 0.5) is 30.7 Å². The third kappa shape index (κ3) is 4.08. The van der Waals surface area contributed by atoms with Crippen molar-refractivity contribution in [2.24, 2.45) is 5.92 Å². The van der Waals surface area contributed by atoms with Crippen LogP contribution in [0.2, 0.25) is 0 Å². The fraction of sp³-hybridized carbons (Fsp3) is 0.400. The second kappa shape index (κ2) is 5.03. The van der Waals surface area contributed by atoms with Crippen molar-refractivity contribution in [1.29, 1.82) is 0 Å². The standard InChI is InChI=1S/C10H7F7O/c11-6-1-3-7(4-2-6)18-5-8(9(12,13)14)10(15,16)17/h1-4,8H,5H2. The first-order chi connectivity index (χ1) is 8.10. The predicted octanol–water partition coefficient (Wildman–Crippen LogP) is 3.95. The van der Waals surface area contributed by atoms with Crippen molar-refractivity contribution in [2.75, 3.05) is 6.61 Å². The van der Waals surface area contributed by atoms with E-state index in [-0.39, 0.29) is 5.75 Å². The van der Waals surface area contributed by atoms with Crippen LogP contribution in [0, 0.1) is 11.7 Å². The van der Waals surface area contributed by atoms with Crippen LogP contribution in [0.15, 0.2) is 24.3 Å². The number of benzene rings is 1. The van der Waals surface area contributed by atoms with Crippen LogP contribution in [0.5, 0.6) is 5.75 Å². The van der Waals surface area contributed by atoms with Crippen molar-refractivity contribution in [3.63, 3.8) is 0 Å². The minimum absolute atomic E-state index is 0.269. The van der Waals surface area contributed by atoms with E-state index in [1.54, 1.807) is 0 Å². The molecule has 1 aromatic carbocycles. The van der Waals surface area contributed by atoms with Gasteiger partial charge in [-0.1, -0.05) is 0 Å². The van der Waals surface area contributed by atoms with Crippen LogP contribution in [0.1, 0.15) is 0 Å². The van der Waals surface area contributed by atoms with Gasteiger partial charge < -0.3 is 4.74 Å². The van der Waals surface area contributed by atoms with Gasteiger partial charge >= 0.3 is 12.4 Å². The minimum atomic E-state index is -5.45. The van der Waals surface area contributed by atoms with E-state index in [0.717, 1.165) is 24.3 Å². The van der Waals surface area contributed by atoms with E-state index in [1.165, 1.54) is 0 Å². The molecule has 0 radical (unpaired) electrons. The highest BCUT2D eigenvalue weighted by Gasteiger charge is 2.57. The first-order valence-corrected chi connectivity index (χ1v) is 4.62.